The van der Waals surface area contributed by atoms with Crippen LogP contribution in [0.3, 0.4) is 0 Å². The van der Waals surface area contributed by atoms with E-state index >= 15 is 0 Å². The van der Waals surface area contributed by atoms with Gasteiger partial charge in [0.25, 0.3) is 5.91 Å². The summed E-state index contributed by atoms with van der Waals surface area (Å²) in [6.07, 6.45) is 5.94. The molecule has 3 aromatic heterocycles. The minimum atomic E-state index is -0.779. The van der Waals surface area contributed by atoms with Gasteiger partial charge in [0.1, 0.15) is 10.7 Å². The molecule has 2 aliphatic rings. The second-order valence-corrected chi connectivity index (χ2v) is 10.8. The van der Waals surface area contributed by atoms with Gasteiger partial charge in [0.05, 0.1) is 11.7 Å². The molecule has 0 aromatic carbocycles. The number of carbonyl (C=O) groups excluding carboxylic acids is 4. The van der Waals surface area contributed by atoms with Gasteiger partial charge in [0, 0.05) is 67.5 Å². The van der Waals surface area contributed by atoms with Crippen LogP contribution in [0.15, 0.2) is 29.9 Å². The van der Waals surface area contributed by atoms with Crippen molar-refractivity contribution in [2.24, 2.45) is 11.7 Å². The van der Waals surface area contributed by atoms with Gasteiger partial charge in [-0.3, -0.25) is 28.8 Å². The van der Waals surface area contributed by atoms with Crippen molar-refractivity contribution in [1.82, 2.24) is 25.1 Å². The Labute approximate surface area is 234 Å². The maximum Gasteiger partial charge on any atom is 0.275 e. The largest absolute Gasteiger partial charge is 0.381 e. The summed E-state index contributed by atoms with van der Waals surface area (Å²) in [7, 11) is 0. The van der Waals surface area contributed by atoms with Crippen LogP contribution in [-0.2, 0) is 20.7 Å². The number of hydrogen-bond acceptors (Lipinski definition) is 9. The van der Waals surface area contributed by atoms with Crippen LogP contribution in [0.5, 0.6) is 0 Å². The maximum absolute atomic E-state index is 13.6. The normalized spacial score (nSPS) is 19.2. The van der Waals surface area contributed by atoms with Gasteiger partial charge in [-0.1, -0.05) is 0 Å². The van der Waals surface area contributed by atoms with Crippen molar-refractivity contribution in [3.8, 4) is 10.6 Å². The summed E-state index contributed by atoms with van der Waals surface area (Å²) >= 11 is 1.34. The standard InChI is InChI=1S/C27H31N7O5S/c28-23(36)4-3-16-13-22(35)24-20(14-34(33-24)19-6-10-39-11-7-19)31-26(38)21-15-40-27(32-21)17-5-9-29-18(12-17)2-1-8-30-25(16)37/h5,9,12,14-16,19H,1-4,6-8,10-11,13H2,(H2,28,36)(H,30,37)(H,31,38). The van der Waals surface area contributed by atoms with Gasteiger partial charge >= 0.3 is 0 Å². The van der Waals surface area contributed by atoms with Gasteiger partial charge in [0.15, 0.2) is 11.5 Å². The molecule has 1 atom stereocenters. The maximum atomic E-state index is 13.6. The molecule has 0 radical (unpaired) electrons. The first-order chi connectivity index (χ1) is 19.4. The number of thiazole rings is 1. The molecular formula is C27H31N7O5S. The number of hydrogen-bond donors (Lipinski definition) is 3. The lowest BCUT2D eigenvalue weighted by atomic mass is 9.94. The van der Waals surface area contributed by atoms with Crippen LogP contribution in [0, 0.1) is 5.92 Å². The van der Waals surface area contributed by atoms with E-state index in [0.717, 1.165) is 24.1 Å². The van der Waals surface area contributed by atoms with Crippen molar-refractivity contribution >= 4 is 40.5 Å². The van der Waals surface area contributed by atoms with Gasteiger partial charge in [-0.25, -0.2) is 4.98 Å². The number of aryl methyl sites for hydroxylation is 1. The molecule has 210 valence electrons. The molecular weight excluding hydrogens is 534 g/mol. The van der Waals surface area contributed by atoms with Crippen LogP contribution in [0.1, 0.15) is 71.2 Å². The zero-order chi connectivity index (χ0) is 28.1. The third kappa shape index (κ3) is 6.59. The Kier molecular flexibility index (Phi) is 8.60. The average Bonchev–Trinajstić information content (AvgIpc) is 3.61. The lowest BCUT2D eigenvalue weighted by Gasteiger charge is -2.22. The fourth-order valence-electron chi connectivity index (χ4n) is 4.86. The summed E-state index contributed by atoms with van der Waals surface area (Å²) in [5.41, 5.74) is 7.55. The summed E-state index contributed by atoms with van der Waals surface area (Å²) in [6.45, 7) is 1.53. The molecule has 1 saturated heterocycles. The monoisotopic (exact) mass is 565 g/mol. The molecule has 0 aliphatic carbocycles. The highest BCUT2D eigenvalue weighted by atomic mass is 32.1. The first kappa shape index (κ1) is 27.6. The van der Waals surface area contributed by atoms with E-state index in [-0.39, 0.29) is 48.3 Å². The molecule has 0 saturated carbocycles. The van der Waals surface area contributed by atoms with Gasteiger partial charge in [0.2, 0.25) is 11.8 Å². The van der Waals surface area contributed by atoms with Crippen molar-refractivity contribution in [3.63, 3.8) is 0 Å². The first-order valence-corrected chi connectivity index (χ1v) is 14.2. The summed E-state index contributed by atoms with van der Waals surface area (Å²) in [5, 5.41) is 12.6. The highest BCUT2D eigenvalue weighted by Crippen LogP contribution is 2.28. The van der Waals surface area contributed by atoms with Crippen molar-refractivity contribution in [2.45, 2.75) is 51.0 Å². The van der Waals surface area contributed by atoms with E-state index < -0.39 is 23.5 Å². The number of fused-ring (bicyclic) bond motifs is 6. The van der Waals surface area contributed by atoms with Gasteiger partial charge in [-0.2, -0.15) is 5.10 Å². The number of carbonyl (C=O) groups is 4. The molecule has 1 unspecified atom stereocenters. The van der Waals surface area contributed by atoms with Crippen LogP contribution in [0.25, 0.3) is 10.6 Å². The van der Waals surface area contributed by atoms with Crippen LogP contribution >= 0.6 is 11.3 Å². The molecule has 12 nitrogen and oxygen atoms in total. The Morgan fingerprint density at radius 3 is 2.85 bits per heavy atom. The number of Topliss-reactive ketones (excluding diaryl/α,β-unsaturated/α-hetero) is 1. The smallest absolute Gasteiger partial charge is 0.275 e. The van der Waals surface area contributed by atoms with E-state index in [1.165, 1.54) is 11.3 Å². The zero-order valence-electron chi connectivity index (χ0n) is 21.9. The van der Waals surface area contributed by atoms with Crippen molar-refractivity contribution < 1.29 is 23.9 Å². The minimum Gasteiger partial charge on any atom is -0.381 e. The molecule has 1 fully saturated rings. The van der Waals surface area contributed by atoms with Crippen LogP contribution < -0.4 is 16.4 Å². The Bertz CT molecular complexity index is 1410. The number of ether oxygens (including phenoxy) is 1. The quantitative estimate of drug-likeness (QED) is 0.433. The third-order valence-corrected chi connectivity index (χ3v) is 7.95. The van der Waals surface area contributed by atoms with Crippen molar-refractivity contribution in [1.29, 1.82) is 0 Å². The first-order valence-electron chi connectivity index (χ1n) is 13.4. The molecule has 5 rings (SSSR count). The van der Waals surface area contributed by atoms with Crippen molar-refractivity contribution in [3.05, 3.63) is 47.0 Å². The fraction of sp³-hybridized carbons (Fsp3) is 0.444. The van der Waals surface area contributed by atoms with Crippen molar-refractivity contribution in [2.75, 3.05) is 25.1 Å². The Morgan fingerprint density at radius 1 is 1.23 bits per heavy atom. The topological polar surface area (TPSA) is 171 Å². The highest BCUT2D eigenvalue weighted by Gasteiger charge is 2.29. The Balaban J connectivity index is 1.49. The Hall–Kier alpha value is -3.97. The summed E-state index contributed by atoms with van der Waals surface area (Å²) < 4.78 is 7.15. The lowest BCUT2D eigenvalue weighted by molar-refractivity contribution is -0.125. The highest BCUT2D eigenvalue weighted by molar-refractivity contribution is 7.13. The van der Waals surface area contributed by atoms with Gasteiger partial charge in [-0.05, 0) is 44.2 Å². The Morgan fingerprint density at radius 2 is 2.05 bits per heavy atom. The second-order valence-electron chi connectivity index (χ2n) is 9.97. The molecule has 2 aliphatic heterocycles. The van der Waals surface area contributed by atoms with E-state index in [2.05, 4.69) is 25.7 Å². The molecule has 3 amide bonds. The summed E-state index contributed by atoms with van der Waals surface area (Å²) in [5.74, 6) is -2.55. The zero-order valence-corrected chi connectivity index (χ0v) is 22.7. The lowest BCUT2D eigenvalue weighted by Crippen LogP contribution is -2.34. The molecule has 5 heterocycles. The van der Waals surface area contributed by atoms with Gasteiger partial charge in [-0.15, -0.1) is 11.3 Å². The predicted octanol–water partition coefficient (Wildman–Crippen LogP) is 2.52. The van der Waals surface area contributed by atoms with Crippen LogP contribution in [0.2, 0.25) is 0 Å². The number of nitrogens with zero attached hydrogens (tertiary/aromatic N) is 4. The number of aromatic nitrogens is 4. The van der Waals surface area contributed by atoms with Crippen LogP contribution in [0.4, 0.5) is 5.69 Å². The average molecular weight is 566 g/mol. The predicted molar refractivity (Wildman–Crippen MR) is 147 cm³/mol. The second kappa shape index (κ2) is 12.5. The number of anilines is 1. The number of amides is 3. The van der Waals surface area contributed by atoms with Gasteiger partial charge < -0.3 is 21.1 Å². The number of pyridine rings is 1. The summed E-state index contributed by atoms with van der Waals surface area (Å²) in [4.78, 5) is 60.3. The number of nitrogens with one attached hydrogen (secondary N) is 2. The number of primary amides is 1. The summed E-state index contributed by atoms with van der Waals surface area (Å²) in [6, 6.07) is 3.77. The molecule has 40 heavy (non-hydrogen) atoms. The van der Waals surface area contributed by atoms with E-state index in [1.807, 2.05) is 12.1 Å². The fourth-order valence-corrected chi connectivity index (χ4v) is 5.66. The molecule has 4 N–H and O–H groups in total. The minimum absolute atomic E-state index is 0.00767. The van der Waals surface area contributed by atoms with E-state index in [0.29, 0.717) is 37.6 Å². The molecule has 0 spiro atoms. The molecule has 13 heteroatoms. The molecule has 3 aromatic rings. The SMILES string of the molecule is NC(=O)CCC1CC(=O)c2nn(C3CCOCC3)cc2NC(=O)c2csc(n2)-c2ccnc(c2)CCCNC1=O. The van der Waals surface area contributed by atoms with E-state index in [9.17, 15) is 19.2 Å². The molecule has 4 bridgehead atoms. The van der Waals surface area contributed by atoms with Crippen LogP contribution in [-0.4, -0.2) is 63.0 Å². The van der Waals surface area contributed by atoms with E-state index in [4.69, 9.17) is 10.5 Å². The number of nitrogens with two attached hydrogens (primary N) is 1. The number of rotatable bonds is 4. The number of ketones is 1. The van der Waals surface area contributed by atoms with E-state index in [1.54, 1.807) is 22.5 Å². The third-order valence-electron chi connectivity index (χ3n) is 7.06.